The number of amides is 1. The van der Waals surface area contributed by atoms with Crippen molar-refractivity contribution in [3.05, 3.63) is 87.4 Å². The van der Waals surface area contributed by atoms with Crippen molar-refractivity contribution in [3.8, 4) is 0 Å². The average molecular weight is 456 g/mol. The van der Waals surface area contributed by atoms with Crippen molar-refractivity contribution in [2.75, 3.05) is 10.0 Å². The smallest absolute Gasteiger partial charge is 0.261 e. The molecule has 2 N–H and O–H groups in total. The zero-order valence-electron chi connectivity index (χ0n) is 14.1. The highest BCUT2D eigenvalue weighted by Crippen LogP contribution is 2.26. The normalized spacial score (nSPS) is 11.1. The summed E-state index contributed by atoms with van der Waals surface area (Å²) in [5, 5.41) is 3.51. The molecule has 0 aliphatic carbocycles. The Balaban J connectivity index is 1.86. The van der Waals surface area contributed by atoms with Crippen LogP contribution in [-0.2, 0) is 10.0 Å². The molecule has 0 radical (unpaired) electrons. The summed E-state index contributed by atoms with van der Waals surface area (Å²) in [7, 11) is -3.80. The predicted molar refractivity (Wildman–Crippen MR) is 113 cm³/mol. The standard InChI is InChI=1S/C19H13Cl3N2O3S/c20-12-8-13(21)10-15(9-12)23-19(25)17-11-14(6-7-18(17)22)24-28(26,27)16-4-2-1-3-5-16/h1-11,24H,(H,23,25). The fourth-order valence-corrected chi connectivity index (χ4v) is 4.20. The van der Waals surface area contributed by atoms with Gasteiger partial charge in [-0.05, 0) is 48.5 Å². The van der Waals surface area contributed by atoms with E-state index in [4.69, 9.17) is 34.8 Å². The van der Waals surface area contributed by atoms with Crippen molar-refractivity contribution in [3.63, 3.8) is 0 Å². The second kappa shape index (κ2) is 8.41. The fraction of sp³-hybridized carbons (Fsp3) is 0. The molecule has 3 aromatic carbocycles. The Hall–Kier alpha value is -2.25. The third kappa shape index (κ3) is 4.97. The lowest BCUT2D eigenvalue weighted by Gasteiger charge is -2.12. The molecule has 0 saturated carbocycles. The van der Waals surface area contributed by atoms with E-state index in [1.54, 1.807) is 18.2 Å². The van der Waals surface area contributed by atoms with E-state index in [9.17, 15) is 13.2 Å². The SMILES string of the molecule is O=C(Nc1cc(Cl)cc(Cl)c1)c1cc(NS(=O)(=O)c2ccccc2)ccc1Cl. The quantitative estimate of drug-likeness (QED) is 0.518. The van der Waals surface area contributed by atoms with Gasteiger partial charge in [-0.3, -0.25) is 9.52 Å². The molecule has 3 aromatic rings. The minimum Gasteiger partial charge on any atom is -0.322 e. The van der Waals surface area contributed by atoms with Crippen molar-refractivity contribution >= 4 is 62.1 Å². The van der Waals surface area contributed by atoms with E-state index < -0.39 is 15.9 Å². The van der Waals surface area contributed by atoms with E-state index in [0.29, 0.717) is 15.7 Å². The number of benzene rings is 3. The lowest BCUT2D eigenvalue weighted by atomic mass is 10.2. The van der Waals surface area contributed by atoms with Crippen LogP contribution in [0.25, 0.3) is 0 Å². The van der Waals surface area contributed by atoms with Crippen molar-refractivity contribution < 1.29 is 13.2 Å². The van der Waals surface area contributed by atoms with Crippen LogP contribution in [0, 0.1) is 0 Å². The van der Waals surface area contributed by atoms with Crippen LogP contribution in [0.2, 0.25) is 15.1 Å². The van der Waals surface area contributed by atoms with Crippen LogP contribution in [0.15, 0.2) is 71.6 Å². The van der Waals surface area contributed by atoms with E-state index in [-0.39, 0.29) is 21.2 Å². The summed E-state index contributed by atoms with van der Waals surface area (Å²) in [5.41, 5.74) is 0.669. The molecule has 0 heterocycles. The highest BCUT2D eigenvalue weighted by molar-refractivity contribution is 7.92. The molecule has 3 rings (SSSR count). The van der Waals surface area contributed by atoms with Gasteiger partial charge in [0.1, 0.15) is 0 Å². The average Bonchev–Trinajstić information content (AvgIpc) is 2.63. The molecule has 0 saturated heterocycles. The molecule has 144 valence electrons. The van der Waals surface area contributed by atoms with E-state index >= 15 is 0 Å². The number of halogens is 3. The highest BCUT2D eigenvalue weighted by Gasteiger charge is 2.17. The molecule has 0 spiro atoms. The number of carbonyl (C=O) groups is 1. The number of hydrogen-bond donors (Lipinski definition) is 2. The minimum atomic E-state index is -3.80. The summed E-state index contributed by atoms with van der Waals surface area (Å²) in [4.78, 5) is 12.7. The van der Waals surface area contributed by atoms with E-state index in [1.807, 2.05) is 0 Å². The van der Waals surface area contributed by atoms with Gasteiger partial charge in [-0.25, -0.2) is 8.42 Å². The maximum Gasteiger partial charge on any atom is 0.261 e. The third-order valence-corrected chi connectivity index (χ3v) is 5.80. The summed E-state index contributed by atoms with van der Waals surface area (Å²) < 4.78 is 27.3. The lowest BCUT2D eigenvalue weighted by Crippen LogP contribution is -2.15. The third-order valence-electron chi connectivity index (χ3n) is 3.64. The Bertz CT molecular complexity index is 1120. The first-order valence-electron chi connectivity index (χ1n) is 7.89. The summed E-state index contributed by atoms with van der Waals surface area (Å²) in [6.07, 6.45) is 0. The molecule has 0 aliphatic heterocycles. The summed E-state index contributed by atoms with van der Waals surface area (Å²) >= 11 is 18.0. The summed E-state index contributed by atoms with van der Waals surface area (Å²) in [5.74, 6) is -0.538. The minimum absolute atomic E-state index is 0.0889. The van der Waals surface area contributed by atoms with Gasteiger partial charge < -0.3 is 5.32 Å². The predicted octanol–water partition coefficient (Wildman–Crippen LogP) is 5.70. The van der Waals surface area contributed by atoms with Crippen molar-refractivity contribution in [1.82, 2.24) is 0 Å². The Morgan fingerprint density at radius 2 is 1.43 bits per heavy atom. The van der Waals surface area contributed by atoms with Gasteiger partial charge in [0.2, 0.25) is 0 Å². The van der Waals surface area contributed by atoms with Crippen molar-refractivity contribution in [2.45, 2.75) is 4.90 Å². The first-order chi connectivity index (χ1) is 13.2. The first kappa shape index (κ1) is 20.5. The van der Waals surface area contributed by atoms with Crippen LogP contribution in [0.4, 0.5) is 11.4 Å². The van der Waals surface area contributed by atoms with E-state index in [1.165, 1.54) is 48.5 Å². The highest BCUT2D eigenvalue weighted by atomic mass is 35.5. The van der Waals surface area contributed by atoms with E-state index in [2.05, 4.69) is 10.0 Å². The molecule has 1 amide bonds. The molecule has 0 fully saturated rings. The number of rotatable bonds is 5. The largest absolute Gasteiger partial charge is 0.322 e. The van der Waals surface area contributed by atoms with Crippen molar-refractivity contribution in [2.24, 2.45) is 0 Å². The second-order valence-electron chi connectivity index (χ2n) is 5.73. The van der Waals surface area contributed by atoms with Gasteiger partial charge in [0, 0.05) is 21.4 Å². The van der Waals surface area contributed by atoms with Gasteiger partial charge >= 0.3 is 0 Å². The van der Waals surface area contributed by atoms with Gasteiger partial charge in [-0.2, -0.15) is 0 Å². The maximum absolute atomic E-state index is 12.6. The van der Waals surface area contributed by atoms with Gasteiger partial charge in [0.05, 0.1) is 15.5 Å². The second-order valence-corrected chi connectivity index (χ2v) is 8.69. The first-order valence-corrected chi connectivity index (χ1v) is 10.5. The van der Waals surface area contributed by atoms with Crippen LogP contribution in [0.5, 0.6) is 0 Å². The number of sulfonamides is 1. The Kier molecular flexibility index (Phi) is 6.15. The number of hydrogen-bond acceptors (Lipinski definition) is 3. The molecule has 0 aliphatic rings. The number of nitrogens with one attached hydrogen (secondary N) is 2. The van der Waals surface area contributed by atoms with E-state index in [0.717, 1.165) is 0 Å². The molecular formula is C19H13Cl3N2O3S. The van der Waals surface area contributed by atoms with Crippen molar-refractivity contribution in [1.29, 1.82) is 0 Å². The van der Waals surface area contributed by atoms with Crippen LogP contribution in [-0.4, -0.2) is 14.3 Å². The van der Waals surface area contributed by atoms with Gasteiger partial charge in [0.15, 0.2) is 0 Å². The molecule has 9 heteroatoms. The van der Waals surface area contributed by atoms with Crippen LogP contribution in [0.3, 0.4) is 0 Å². The molecule has 5 nitrogen and oxygen atoms in total. The molecule has 28 heavy (non-hydrogen) atoms. The lowest BCUT2D eigenvalue weighted by molar-refractivity contribution is 0.102. The number of anilines is 2. The monoisotopic (exact) mass is 454 g/mol. The van der Waals surface area contributed by atoms with Gasteiger partial charge in [-0.1, -0.05) is 53.0 Å². The maximum atomic E-state index is 12.6. The van der Waals surface area contributed by atoms with Gasteiger partial charge in [0.25, 0.3) is 15.9 Å². The number of carbonyl (C=O) groups excluding carboxylic acids is 1. The van der Waals surface area contributed by atoms with Crippen LogP contribution < -0.4 is 10.0 Å². The zero-order chi connectivity index (χ0) is 20.3. The molecule has 0 bridgehead atoms. The van der Waals surface area contributed by atoms with Crippen LogP contribution in [0.1, 0.15) is 10.4 Å². The molecule has 0 unspecified atom stereocenters. The van der Waals surface area contributed by atoms with Crippen LogP contribution >= 0.6 is 34.8 Å². The Morgan fingerprint density at radius 1 is 0.786 bits per heavy atom. The van der Waals surface area contributed by atoms with Gasteiger partial charge in [-0.15, -0.1) is 0 Å². The fourth-order valence-electron chi connectivity index (χ4n) is 2.40. The molecule has 0 aromatic heterocycles. The summed E-state index contributed by atoms with van der Waals surface area (Å²) in [6.45, 7) is 0. The molecular weight excluding hydrogens is 443 g/mol. The zero-order valence-corrected chi connectivity index (χ0v) is 17.2. The topological polar surface area (TPSA) is 75.3 Å². The Labute approximate surface area is 177 Å². The summed E-state index contributed by atoms with van der Waals surface area (Å²) in [6, 6.07) is 16.7. The Morgan fingerprint density at radius 3 is 2.07 bits per heavy atom. The molecule has 0 atom stereocenters.